The van der Waals surface area contributed by atoms with Gasteiger partial charge in [-0.05, 0) is 34.8 Å². The second-order valence-electron chi connectivity index (χ2n) is 3.80. The van der Waals surface area contributed by atoms with E-state index in [0.717, 1.165) is 6.61 Å². The first-order valence-corrected chi connectivity index (χ1v) is 6.86. The Hall–Kier alpha value is 0.140. The highest BCUT2D eigenvalue weighted by Gasteiger charge is 2.13. The van der Waals surface area contributed by atoms with E-state index in [1.54, 1.807) is 11.3 Å². The molecule has 0 aromatic carbocycles. The summed E-state index contributed by atoms with van der Waals surface area (Å²) in [7, 11) is 0. The zero-order valence-electron chi connectivity index (χ0n) is 8.17. The van der Waals surface area contributed by atoms with E-state index < -0.39 is 0 Å². The van der Waals surface area contributed by atoms with E-state index in [2.05, 4.69) is 27.4 Å². The molecule has 0 N–H and O–H groups in total. The van der Waals surface area contributed by atoms with Crippen LogP contribution < -0.4 is 0 Å². The minimum absolute atomic E-state index is 0.518. The summed E-state index contributed by atoms with van der Waals surface area (Å²) in [5.74, 6) is 0. The van der Waals surface area contributed by atoms with E-state index >= 15 is 0 Å². The molecule has 1 nitrogen and oxygen atoms in total. The Kier molecular flexibility index (Phi) is 4.02. The van der Waals surface area contributed by atoms with Crippen molar-refractivity contribution < 1.29 is 4.74 Å². The topological polar surface area (TPSA) is 9.23 Å². The Labute approximate surface area is 97.6 Å². The number of thiophene rings is 1. The van der Waals surface area contributed by atoms with Gasteiger partial charge in [-0.2, -0.15) is 0 Å². The minimum atomic E-state index is 0.518. The zero-order chi connectivity index (χ0) is 9.80. The molecule has 14 heavy (non-hydrogen) atoms. The lowest BCUT2D eigenvalue weighted by molar-refractivity contribution is 0.0182. The van der Waals surface area contributed by atoms with Gasteiger partial charge in [0.2, 0.25) is 0 Å². The van der Waals surface area contributed by atoms with Gasteiger partial charge in [-0.25, -0.2) is 0 Å². The third kappa shape index (κ3) is 3.07. The summed E-state index contributed by atoms with van der Waals surface area (Å²) < 4.78 is 7.04. The highest BCUT2D eigenvalue weighted by atomic mass is 79.9. The van der Waals surface area contributed by atoms with Crippen molar-refractivity contribution in [1.82, 2.24) is 0 Å². The van der Waals surface area contributed by atoms with Crippen molar-refractivity contribution >= 4 is 27.3 Å². The molecule has 0 bridgehead atoms. The fourth-order valence-corrected chi connectivity index (χ4v) is 3.23. The van der Waals surface area contributed by atoms with Crippen LogP contribution in [-0.2, 0) is 11.3 Å². The Morgan fingerprint density at radius 2 is 2.14 bits per heavy atom. The number of hydrogen-bond acceptors (Lipinski definition) is 2. The van der Waals surface area contributed by atoms with Crippen molar-refractivity contribution in [2.75, 3.05) is 0 Å². The molecule has 0 aliphatic heterocycles. The Bertz CT molecular complexity index is 279. The number of halogens is 1. The van der Waals surface area contributed by atoms with Gasteiger partial charge in [-0.1, -0.05) is 19.3 Å². The van der Waals surface area contributed by atoms with Crippen molar-refractivity contribution in [3.8, 4) is 0 Å². The minimum Gasteiger partial charge on any atom is -0.373 e. The molecule has 1 aromatic heterocycles. The quantitative estimate of drug-likeness (QED) is 0.796. The summed E-state index contributed by atoms with van der Waals surface area (Å²) in [6, 6.07) is 2.15. The lowest BCUT2D eigenvalue weighted by atomic mass is 9.98. The van der Waals surface area contributed by atoms with Crippen molar-refractivity contribution in [3.05, 3.63) is 20.8 Å². The number of ether oxygens (including phenoxy) is 1. The standard InChI is InChI=1S/C11H15BrOS/c12-9-6-11(14-8-9)7-13-10-4-2-1-3-5-10/h6,8,10H,1-5,7H2. The summed E-state index contributed by atoms with van der Waals surface area (Å²) >= 11 is 5.22. The van der Waals surface area contributed by atoms with Crippen LogP contribution in [0.4, 0.5) is 0 Å². The van der Waals surface area contributed by atoms with E-state index in [1.807, 2.05) is 0 Å². The normalized spacial score (nSPS) is 18.6. The molecule has 0 amide bonds. The van der Waals surface area contributed by atoms with E-state index in [9.17, 15) is 0 Å². The molecule has 1 fully saturated rings. The van der Waals surface area contributed by atoms with Crippen LogP contribution in [0, 0.1) is 0 Å². The molecule has 0 saturated heterocycles. The van der Waals surface area contributed by atoms with Crippen LogP contribution in [0.2, 0.25) is 0 Å². The lowest BCUT2D eigenvalue weighted by Gasteiger charge is -2.21. The predicted octanol–water partition coefficient (Wildman–Crippen LogP) is 4.36. The second-order valence-corrected chi connectivity index (χ2v) is 5.71. The fraction of sp³-hybridized carbons (Fsp3) is 0.636. The highest BCUT2D eigenvalue weighted by Crippen LogP contribution is 2.24. The Balaban J connectivity index is 1.76. The average molecular weight is 275 g/mol. The zero-order valence-corrected chi connectivity index (χ0v) is 10.6. The smallest absolute Gasteiger partial charge is 0.0813 e. The van der Waals surface area contributed by atoms with Crippen molar-refractivity contribution in [2.24, 2.45) is 0 Å². The third-order valence-corrected chi connectivity index (χ3v) is 4.31. The van der Waals surface area contributed by atoms with Crippen LogP contribution in [0.3, 0.4) is 0 Å². The van der Waals surface area contributed by atoms with Crippen LogP contribution in [0.5, 0.6) is 0 Å². The molecule has 0 spiro atoms. The van der Waals surface area contributed by atoms with Gasteiger partial charge in [0, 0.05) is 14.7 Å². The maximum atomic E-state index is 5.87. The first kappa shape index (κ1) is 10.7. The molecule has 1 saturated carbocycles. The van der Waals surface area contributed by atoms with Gasteiger partial charge < -0.3 is 4.74 Å². The summed E-state index contributed by atoms with van der Waals surface area (Å²) in [6.45, 7) is 0.793. The van der Waals surface area contributed by atoms with Gasteiger partial charge in [0.1, 0.15) is 0 Å². The van der Waals surface area contributed by atoms with Gasteiger partial charge in [0.25, 0.3) is 0 Å². The second kappa shape index (κ2) is 5.29. The SMILES string of the molecule is Brc1csc(COC2CCCCC2)c1. The van der Waals surface area contributed by atoms with Crippen LogP contribution in [-0.4, -0.2) is 6.10 Å². The van der Waals surface area contributed by atoms with Crippen LogP contribution in [0.1, 0.15) is 37.0 Å². The van der Waals surface area contributed by atoms with Crippen LogP contribution in [0.25, 0.3) is 0 Å². The molecule has 78 valence electrons. The van der Waals surface area contributed by atoms with Crippen LogP contribution in [0.15, 0.2) is 15.9 Å². The van der Waals surface area contributed by atoms with Gasteiger partial charge in [-0.15, -0.1) is 11.3 Å². The van der Waals surface area contributed by atoms with Crippen LogP contribution >= 0.6 is 27.3 Å². The van der Waals surface area contributed by atoms with Crippen molar-refractivity contribution in [2.45, 2.75) is 44.8 Å². The molecule has 0 radical (unpaired) electrons. The first-order chi connectivity index (χ1) is 6.84. The number of hydrogen-bond donors (Lipinski definition) is 0. The molecule has 1 aliphatic carbocycles. The maximum absolute atomic E-state index is 5.87. The molecule has 0 atom stereocenters. The largest absolute Gasteiger partial charge is 0.373 e. The summed E-state index contributed by atoms with van der Waals surface area (Å²) in [4.78, 5) is 1.32. The van der Waals surface area contributed by atoms with E-state index in [-0.39, 0.29) is 0 Å². The number of rotatable bonds is 3. The predicted molar refractivity (Wildman–Crippen MR) is 63.7 cm³/mol. The molecule has 3 heteroatoms. The monoisotopic (exact) mass is 274 g/mol. The molecule has 0 unspecified atom stereocenters. The highest BCUT2D eigenvalue weighted by molar-refractivity contribution is 9.10. The van der Waals surface area contributed by atoms with Gasteiger partial charge in [-0.3, -0.25) is 0 Å². The maximum Gasteiger partial charge on any atom is 0.0813 e. The van der Waals surface area contributed by atoms with Gasteiger partial charge >= 0.3 is 0 Å². The lowest BCUT2D eigenvalue weighted by Crippen LogP contribution is -2.15. The molecule has 1 aromatic rings. The van der Waals surface area contributed by atoms with E-state index in [0.29, 0.717) is 6.10 Å². The van der Waals surface area contributed by atoms with E-state index in [4.69, 9.17) is 4.74 Å². The van der Waals surface area contributed by atoms with Gasteiger partial charge in [0.05, 0.1) is 12.7 Å². The molecular weight excluding hydrogens is 260 g/mol. The summed E-state index contributed by atoms with van der Waals surface area (Å²) in [5.41, 5.74) is 0. The third-order valence-electron chi connectivity index (χ3n) is 2.64. The molecule has 2 rings (SSSR count). The molecule has 1 aliphatic rings. The first-order valence-electron chi connectivity index (χ1n) is 5.19. The van der Waals surface area contributed by atoms with Crippen molar-refractivity contribution in [1.29, 1.82) is 0 Å². The fourth-order valence-electron chi connectivity index (χ4n) is 1.86. The summed E-state index contributed by atoms with van der Waals surface area (Å²) in [5, 5.41) is 2.11. The average Bonchev–Trinajstić information content (AvgIpc) is 2.63. The van der Waals surface area contributed by atoms with Crippen molar-refractivity contribution in [3.63, 3.8) is 0 Å². The Morgan fingerprint density at radius 1 is 1.36 bits per heavy atom. The molecule has 1 heterocycles. The van der Waals surface area contributed by atoms with Gasteiger partial charge in [0.15, 0.2) is 0 Å². The molecular formula is C11H15BrOS. The summed E-state index contributed by atoms with van der Waals surface area (Å²) in [6.07, 6.45) is 7.12. The van der Waals surface area contributed by atoms with E-state index in [1.165, 1.54) is 41.5 Å². The Morgan fingerprint density at radius 3 is 2.79 bits per heavy atom.